The van der Waals surface area contributed by atoms with Gasteiger partial charge in [-0.15, -0.1) is 0 Å². The largest absolute Gasteiger partial charge is 0.337 e. The molecular formula is C21H30N4O2. The number of aryl methyl sites for hydroxylation is 1. The van der Waals surface area contributed by atoms with Gasteiger partial charge in [0.2, 0.25) is 11.8 Å². The van der Waals surface area contributed by atoms with E-state index in [-0.39, 0.29) is 24.9 Å². The number of hydrogen-bond donors (Lipinski definition) is 2. The summed E-state index contributed by atoms with van der Waals surface area (Å²) in [6.45, 7) is 4.17. The molecule has 2 amide bonds. The van der Waals surface area contributed by atoms with Gasteiger partial charge in [-0.05, 0) is 50.9 Å². The van der Waals surface area contributed by atoms with Gasteiger partial charge in [0.1, 0.15) is 5.54 Å². The average molecular weight is 370 g/mol. The van der Waals surface area contributed by atoms with Crippen LogP contribution >= 0.6 is 0 Å². The van der Waals surface area contributed by atoms with Crippen LogP contribution in [0.15, 0.2) is 18.2 Å². The first-order valence-electron chi connectivity index (χ1n) is 9.62. The zero-order valence-electron chi connectivity index (χ0n) is 16.6. The van der Waals surface area contributed by atoms with Crippen LogP contribution in [0.25, 0.3) is 0 Å². The van der Waals surface area contributed by atoms with Crippen LogP contribution in [0, 0.1) is 25.2 Å². The molecule has 0 heterocycles. The predicted octanol–water partition coefficient (Wildman–Crippen LogP) is 2.91. The van der Waals surface area contributed by atoms with Gasteiger partial charge in [0.05, 0.1) is 19.2 Å². The Morgan fingerprint density at radius 2 is 1.74 bits per heavy atom. The van der Waals surface area contributed by atoms with E-state index in [4.69, 9.17) is 0 Å². The van der Waals surface area contributed by atoms with Gasteiger partial charge < -0.3 is 10.6 Å². The Kier molecular flexibility index (Phi) is 7.37. The molecule has 1 aromatic carbocycles. The van der Waals surface area contributed by atoms with Crippen molar-refractivity contribution in [1.29, 1.82) is 5.26 Å². The summed E-state index contributed by atoms with van der Waals surface area (Å²) in [6, 6.07) is 8.09. The van der Waals surface area contributed by atoms with Crippen molar-refractivity contribution in [3.8, 4) is 6.07 Å². The van der Waals surface area contributed by atoms with Gasteiger partial charge in [-0.2, -0.15) is 5.26 Å². The normalized spacial score (nSPS) is 16.3. The molecule has 0 saturated heterocycles. The maximum atomic E-state index is 12.4. The fourth-order valence-corrected chi connectivity index (χ4v) is 3.53. The highest BCUT2D eigenvalue weighted by atomic mass is 16.2. The molecule has 0 aromatic heterocycles. The number of rotatable bonds is 6. The van der Waals surface area contributed by atoms with Crippen molar-refractivity contribution in [3.05, 3.63) is 29.3 Å². The summed E-state index contributed by atoms with van der Waals surface area (Å²) in [4.78, 5) is 26.4. The zero-order chi connectivity index (χ0) is 19.9. The molecular weight excluding hydrogens is 340 g/mol. The lowest BCUT2D eigenvalue weighted by atomic mass is 9.92. The third kappa shape index (κ3) is 6.07. The van der Waals surface area contributed by atoms with E-state index in [2.05, 4.69) is 16.7 Å². The van der Waals surface area contributed by atoms with Crippen LogP contribution in [-0.4, -0.2) is 42.4 Å². The lowest BCUT2D eigenvalue weighted by Gasteiger charge is -2.27. The highest BCUT2D eigenvalue weighted by molar-refractivity contribution is 5.93. The number of hydrogen-bond acceptors (Lipinski definition) is 4. The third-order valence-electron chi connectivity index (χ3n) is 5.26. The Labute approximate surface area is 161 Å². The van der Waals surface area contributed by atoms with Crippen LogP contribution < -0.4 is 10.6 Å². The number of amides is 2. The Hall–Kier alpha value is -2.39. The minimum Gasteiger partial charge on any atom is -0.337 e. The molecule has 1 aliphatic carbocycles. The topological polar surface area (TPSA) is 85.2 Å². The molecule has 1 aromatic rings. The number of nitrogens with zero attached hydrogens (tertiary/aromatic N) is 2. The maximum Gasteiger partial charge on any atom is 0.238 e. The lowest BCUT2D eigenvalue weighted by molar-refractivity contribution is -0.124. The molecule has 27 heavy (non-hydrogen) atoms. The molecule has 0 radical (unpaired) electrons. The summed E-state index contributed by atoms with van der Waals surface area (Å²) >= 11 is 0. The third-order valence-corrected chi connectivity index (χ3v) is 5.26. The van der Waals surface area contributed by atoms with Gasteiger partial charge in [0.15, 0.2) is 0 Å². The van der Waals surface area contributed by atoms with Crippen molar-refractivity contribution >= 4 is 17.5 Å². The number of nitrogens with one attached hydrogen (secondary N) is 2. The summed E-state index contributed by atoms with van der Waals surface area (Å²) in [5, 5.41) is 15.4. The molecule has 0 aliphatic heterocycles. The van der Waals surface area contributed by atoms with Gasteiger partial charge in [0.25, 0.3) is 0 Å². The van der Waals surface area contributed by atoms with E-state index in [0.717, 1.165) is 42.5 Å². The maximum absolute atomic E-state index is 12.4. The zero-order valence-corrected chi connectivity index (χ0v) is 16.6. The Morgan fingerprint density at radius 1 is 1.11 bits per heavy atom. The monoisotopic (exact) mass is 370 g/mol. The van der Waals surface area contributed by atoms with Crippen molar-refractivity contribution < 1.29 is 9.59 Å². The summed E-state index contributed by atoms with van der Waals surface area (Å²) in [7, 11) is 1.73. The standard InChI is InChI=1S/C21H30N4O2/c1-16-9-8-10-18(17(16)2)23-19(26)13-25(3)14-20(27)24-21(15-22)11-6-4-5-7-12-21/h8-10H,4-7,11-14H2,1-3H3,(H,23,26)(H,24,27). The van der Waals surface area contributed by atoms with Crippen LogP contribution in [0.2, 0.25) is 0 Å². The molecule has 2 N–H and O–H groups in total. The van der Waals surface area contributed by atoms with Crippen LogP contribution in [0.1, 0.15) is 49.7 Å². The number of benzene rings is 1. The van der Waals surface area contributed by atoms with Gasteiger partial charge >= 0.3 is 0 Å². The molecule has 146 valence electrons. The fourth-order valence-electron chi connectivity index (χ4n) is 3.53. The number of carbonyl (C=O) groups is 2. The highest BCUT2D eigenvalue weighted by Crippen LogP contribution is 2.26. The first kappa shape index (κ1) is 20.9. The smallest absolute Gasteiger partial charge is 0.238 e. The quantitative estimate of drug-likeness (QED) is 0.754. The average Bonchev–Trinajstić information content (AvgIpc) is 2.84. The van der Waals surface area contributed by atoms with Crippen molar-refractivity contribution in [2.45, 2.75) is 57.9 Å². The van der Waals surface area contributed by atoms with Crippen LogP contribution in [-0.2, 0) is 9.59 Å². The van der Waals surface area contributed by atoms with Gasteiger partial charge in [-0.1, -0.05) is 37.8 Å². The second-order valence-electron chi connectivity index (χ2n) is 7.62. The van der Waals surface area contributed by atoms with Crippen molar-refractivity contribution in [2.24, 2.45) is 0 Å². The molecule has 0 atom stereocenters. The molecule has 2 rings (SSSR count). The lowest BCUT2D eigenvalue weighted by Crippen LogP contribution is -2.50. The van der Waals surface area contributed by atoms with Crippen molar-refractivity contribution in [1.82, 2.24) is 10.2 Å². The van der Waals surface area contributed by atoms with Crippen LogP contribution in [0.3, 0.4) is 0 Å². The molecule has 6 nitrogen and oxygen atoms in total. The minimum absolute atomic E-state index is 0.0870. The van der Waals surface area contributed by atoms with E-state index in [9.17, 15) is 14.9 Å². The molecule has 1 saturated carbocycles. The fraction of sp³-hybridized carbons (Fsp3) is 0.571. The number of likely N-dealkylation sites (N-methyl/N-ethyl adjacent to an activating group) is 1. The highest BCUT2D eigenvalue weighted by Gasteiger charge is 2.32. The molecule has 0 unspecified atom stereocenters. The van der Waals surface area contributed by atoms with Gasteiger partial charge in [0, 0.05) is 5.69 Å². The van der Waals surface area contributed by atoms with E-state index >= 15 is 0 Å². The SMILES string of the molecule is Cc1cccc(NC(=O)CN(C)CC(=O)NC2(C#N)CCCCCC2)c1C. The van der Waals surface area contributed by atoms with E-state index in [1.165, 1.54) is 0 Å². The van der Waals surface area contributed by atoms with Crippen molar-refractivity contribution in [3.63, 3.8) is 0 Å². The predicted molar refractivity (Wildman–Crippen MR) is 106 cm³/mol. The Balaban J connectivity index is 1.86. The molecule has 6 heteroatoms. The molecule has 1 fully saturated rings. The van der Waals surface area contributed by atoms with Gasteiger partial charge in [-0.3, -0.25) is 14.5 Å². The first-order chi connectivity index (χ1) is 12.8. The number of carbonyl (C=O) groups excluding carboxylic acids is 2. The van der Waals surface area contributed by atoms with Gasteiger partial charge in [-0.25, -0.2) is 0 Å². The molecule has 1 aliphatic rings. The summed E-state index contributed by atoms with van der Waals surface area (Å²) in [5.74, 6) is -0.371. The summed E-state index contributed by atoms with van der Waals surface area (Å²) < 4.78 is 0. The van der Waals surface area contributed by atoms with E-state index in [0.29, 0.717) is 12.8 Å². The number of nitriles is 1. The Morgan fingerprint density at radius 3 is 2.37 bits per heavy atom. The van der Waals surface area contributed by atoms with Crippen molar-refractivity contribution in [2.75, 3.05) is 25.5 Å². The number of anilines is 1. The minimum atomic E-state index is -0.755. The Bertz CT molecular complexity index is 715. The summed E-state index contributed by atoms with van der Waals surface area (Å²) in [6.07, 6.45) is 5.54. The molecule has 0 spiro atoms. The second-order valence-corrected chi connectivity index (χ2v) is 7.62. The van der Waals surface area contributed by atoms with E-state index in [1.54, 1.807) is 11.9 Å². The van der Waals surface area contributed by atoms with E-state index in [1.807, 2.05) is 32.0 Å². The molecule has 0 bridgehead atoms. The van der Waals surface area contributed by atoms with E-state index < -0.39 is 5.54 Å². The second kappa shape index (κ2) is 9.52. The first-order valence-corrected chi connectivity index (χ1v) is 9.62. The van der Waals surface area contributed by atoms with Crippen LogP contribution in [0.4, 0.5) is 5.69 Å². The summed E-state index contributed by atoms with van der Waals surface area (Å²) in [5.41, 5.74) is 2.19. The van der Waals surface area contributed by atoms with Crippen LogP contribution in [0.5, 0.6) is 0 Å².